The van der Waals surface area contributed by atoms with Gasteiger partial charge in [0.25, 0.3) is 0 Å². The normalized spacial score (nSPS) is 17.0. The summed E-state index contributed by atoms with van der Waals surface area (Å²) in [4.78, 5) is 0. The molecule has 24 heavy (non-hydrogen) atoms. The molecule has 4 heteroatoms. The smallest absolute Gasteiger partial charge is 0.127 e. The van der Waals surface area contributed by atoms with Crippen LogP contribution in [0.4, 0.5) is 0 Å². The molecule has 0 amide bonds. The molecule has 0 N–H and O–H groups in total. The molecule has 126 valence electrons. The lowest BCUT2D eigenvalue weighted by atomic mass is 9.95. The van der Waals surface area contributed by atoms with Gasteiger partial charge in [-0.15, -0.1) is 0 Å². The van der Waals surface area contributed by atoms with E-state index in [4.69, 9.17) is 18.9 Å². The largest absolute Gasteiger partial charge is 0.497 e. The average Bonchev–Trinajstić information content (AvgIpc) is 2.63. The van der Waals surface area contributed by atoms with Crippen molar-refractivity contribution in [3.8, 4) is 23.0 Å². The van der Waals surface area contributed by atoms with Gasteiger partial charge in [0.05, 0.1) is 14.2 Å². The second kappa shape index (κ2) is 6.87. The van der Waals surface area contributed by atoms with Crippen LogP contribution in [0.15, 0.2) is 36.4 Å². The fourth-order valence-electron chi connectivity index (χ4n) is 2.82. The molecular weight excluding hydrogens is 304 g/mol. The Morgan fingerprint density at radius 1 is 0.708 bits per heavy atom. The first-order valence-electron chi connectivity index (χ1n) is 7.94. The van der Waals surface area contributed by atoms with Crippen molar-refractivity contribution in [2.75, 3.05) is 27.4 Å². The van der Waals surface area contributed by atoms with Crippen LogP contribution in [-0.2, 0) is 0 Å². The third kappa shape index (κ3) is 3.04. The highest BCUT2D eigenvalue weighted by atomic mass is 16.5. The molecule has 0 fully saturated rings. The van der Waals surface area contributed by atoms with Gasteiger partial charge in [-0.3, -0.25) is 0 Å². The molecule has 2 aromatic carbocycles. The van der Waals surface area contributed by atoms with E-state index in [2.05, 4.69) is 13.8 Å². The minimum absolute atomic E-state index is 0.483. The summed E-state index contributed by atoms with van der Waals surface area (Å²) in [7, 11) is 3.34. The second-order valence-electron chi connectivity index (χ2n) is 5.67. The van der Waals surface area contributed by atoms with Crippen LogP contribution in [0.5, 0.6) is 23.0 Å². The van der Waals surface area contributed by atoms with E-state index in [-0.39, 0.29) is 0 Å². The molecule has 0 atom stereocenters. The molecule has 0 unspecified atom stereocenters. The predicted octanol–water partition coefficient (Wildman–Crippen LogP) is 4.43. The van der Waals surface area contributed by atoms with Crippen molar-refractivity contribution in [1.82, 2.24) is 0 Å². The van der Waals surface area contributed by atoms with Gasteiger partial charge in [-0.2, -0.15) is 0 Å². The highest BCUT2D eigenvalue weighted by Gasteiger charge is 2.16. The third-order valence-electron chi connectivity index (χ3n) is 4.34. The zero-order chi connectivity index (χ0) is 17.1. The minimum atomic E-state index is 0.483. The monoisotopic (exact) mass is 326 g/mol. The SMILES string of the molecule is COc1ccc2c(c1)/C(C)=C(/C)c1cc(OC)ccc1OCCO2. The lowest BCUT2D eigenvalue weighted by Gasteiger charge is -2.20. The lowest BCUT2D eigenvalue weighted by molar-refractivity contribution is 0.216. The molecule has 1 aliphatic rings. The number of ether oxygens (including phenoxy) is 4. The summed E-state index contributed by atoms with van der Waals surface area (Å²) in [5.74, 6) is 3.29. The Balaban J connectivity index is 2.21. The molecule has 0 radical (unpaired) electrons. The van der Waals surface area contributed by atoms with Crippen LogP contribution in [0.25, 0.3) is 11.1 Å². The molecule has 0 saturated carbocycles. The Morgan fingerprint density at radius 3 is 1.50 bits per heavy atom. The van der Waals surface area contributed by atoms with Gasteiger partial charge < -0.3 is 18.9 Å². The summed E-state index contributed by atoms with van der Waals surface area (Å²) < 4.78 is 22.6. The van der Waals surface area contributed by atoms with E-state index < -0.39 is 0 Å². The van der Waals surface area contributed by atoms with Crippen LogP contribution in [0.3, 0.4) is 0 Å². The predicted molar refractivity (Wildman–Crippen MR) is 95.1 cm³/mol. The molecular formula is C20H22O4. The zero-order valence-electron chi connectivity index (χ0n) is 14.5. The maximum Gasteiger partial charge on any atom is 0.127 e. The summed E-state index contributed by atoms with van der Waals surface area (Å²) in [6, 6.07) is 11.7. The topological polar surface area (TPSA) is 36.9 Å². The fourth-order valence-corrected chi connectivity index (χ4v) is 2.82. The first-order valence-corrected chi connectivity index (χ1v) is 7.94. The molecule has 4 nitrogen and oxygen atoms in total. The second-order valence-corrected chi connectivity index (χ2v) is 5.67. The number of benzene rings is 2. The van der Waals surface area contributed by atoms with Crippen LogP contribution in [0.1, 0.15) is 25.0 Å². The van der Waals surface area contributed by atoms with Crippen molar-refractivity contribution in [2.24, 2.45) is 0 Å². The van der Waals surface area contributed by atoms with E-state index >= 15 is 0 Å². The molecule has 0 aromatic heterocycles. The number of hydrogen-bond acceptors (Lipinski definition) is 4. The van der Waals surface area contributed by atoms with Crippen LogP contribution in [0, 0.1) is 0 Å². The quantitative estimate of drug-likeness (QED) is 0.818. The van der Waals surface area contributed by atoms with Gasteiger partial charge in [-0.25, -0.2) is 0 Å². The van der Waals surface area contributed by atoms with Gasteiger partial charge >= 0.3 is 0 Å². The van der Waals surface area contributed by atoms with Crippen molar-refractivity contribution in [2.45, 2.75) is 13.8 Å². The summed E-state index contributed by atoms with van der Waals surface area (Å²) in [5.41, 5.74) is 4.29. The Morgan fingerprint density at radius 2 is 1.12 bits per heavy atom. The van der Waals surface area contributed by atoms with Crippen molar-refractivity contribution < 1.29 is 18.9 Å². The third-order valence-corrected chi connectivity index (χ3v) is 4.34. The Hall–Kier alpha value is -2.62. The van der Waals surface area contributed by atoms with E-state index in [9.17, 15) is 0 Å². The number of hydrogen-bond donors (Lipinski definition) is 0. The van der Waals surface area contributed by atoms with Gasteiger partial charge in [-0.1, -0.05) is 0 Å². The first-order chi connectivity index (χ1) is 11.6. The van der Waals surface area contributed by atoms with E-state index in [1.54, 1.807) is 14.2 Å². The van der Waals surface area contributed by atoms with Crippen LogP contribution in [-0.4, -0.2) is 27.4 Å². The summed E-state index contributed by atoms with van der Waals surface area (Å²) in [6.07, 6.45) is 0. The molecule has 0 saturated heterocycles. The van der Waals surface area contributed by atoms with E-state index in [0.29, 0.717) is 13.2 Å². The summed E-state index contributed by atoms with van der Waals surface area (Å²) >= 11 is 0. The average molecular weight is 326 g/mol. The van der Waals surface area contributed by atoms with E-state index in [1.807, 2.05) is 36.4 Å². The van der Waals surface area contributed by atoms with Gasteiger partial charge in [0.15, 0.2) is 0 Å². The molecule has 0 spiro atoms. The maximum absolute atomic E-state index is 5.90. The number of allylic oxidation sites excluding steroid dienone is 2. The molecule has 2 aromatic rings. The number of rotatable bonds is 2. The highest BCUT2D eigenvalue weighted by molar-refractivity contribution is 5.92. The van der Waals surface area contributed by atoms with Crippen LogP contribution >= 0.6 is 0 Å². The lowest BCUT2D eigenvalue weighted by Crippen LogP contribution is -2.12. The summed E-state index contributed by atoms with van der Waals surface area (Å²) in [5, 5.41) is 0. The molecule has 3 rings (SSSR count). The van der Waals surface area contributed by atoms with Gasteiger partial charge in [0, 0.05) is 11.1 Å². The Bertz CT molecular complexity index is 712. The molecule has 1 heterocycles. The van der Waals surface area contributed by atoms with Crippen LogP contribution < -0.4 is 18.9 Å². The zero-order valence-corrected chi connectivity index (χ0v) is 14.5. The molecule has 1 aliphatic heterocycles. The van der Waals surface area contributed by atoms with Crippen molar-refractivity contribution in [3.05, 3.63) is 47.5 Å². The molecule has 0 aliphatic carbocycles. The first kappa shape index (κ1) is 16.2. The summed E-state index contributed by atoms with van der Waals surface area (Å²) in [6.45, 7) is 5.14. The minimum Gasteiger partial charge on any atom is -0.497 e. The molecule has 0 bridgehead atoms. The van der Waals surface area contributed by atoms with E-state index in [1.165, 1.54) is 0 Å². The maximum atomic E-state index is 5.90. The van der Waals surface area contributed by atoms with Gasteiger partial charge in [-0.05, 0) is 61.4 Å². The Kier molecular flexibility index (Phi) is 4.65. The van der Waals surface area contributed by atoms with Crippen LogP contribution in [0.2, 0.25) is 0 Å². The van der Waals surface area contributed by atoms with Gasteiger partial charge in [0.1, 0.15) is 36.2 Å². The van der Waals surface area contributed by atoms with E-state index in [0.717, 1.165) is 45.3 Å². The standard InChI is InChI=1S/C20H22O4/c1-13-14(2)18-12-16(22-4)6-8-20(18)24-10-9-23-19-7-5-15(21-3)11-17(13)19/h5-8,11-12H,9-10H2,1-4H3/b14-13-. The Labute approximate surface area is 142 Å². The van der Waals surface area contributed by atoms with Crippen molar-refractivity contribution in [3.63, 3.8) is 0 Å². The number of fused-ring (bicyclic) bond motifs is 2. The fraction of sp³-hybridized carbons (Fsp3) is 0.300. The van der Waals surface area contributed by atoms with Crippen molar-refractivity contribution in [1.29, 1.82) is 0 Å². The highest BCUT2D eigenvalue weighted by Crippen LogP contribution is 2.38. The van der Waals surface area contributed by atoms with Gasteiger partial charge in [0.2, 0.25) is 0 Å². The number of methoxy groups -OCH3 is 2. The van der Waals surface area contributed by atoms with Crippen molar-refractivity contribution >= 4 is 11.1 Å².